The van der Waals surface area contributed by atoms with Gasteiger partial charge in [0.2, 0.25) is 0 Å². The zero-order valence-corrected chi connectivity index (χ0v) is 26.8. The summed E-state index contributed by atoms with van der Waals surface area (Å²) in [6, 6.07) is 20.1. The van der Waals surface area contributed by atoms with Crippen LogP contribution in [0.1, 0.15) is 48.8 Å². The monoisotopic (exact) mass is 635 g/mol. The highest BCUT2D eigenvalue weighted by Crippen LogP contribution is 2.17. The minimum Gasteiger partial charge on any atom is -0.497 e. The maximum atomic E-state index is 13.2. The van der Waals surface area contributed by atoms with Crippen LogP contribution in [0.15, 0.2) is 72.8 Å². The Bertz CT molecular complexity index is 1350. The van der Waals surface area contributed by atoms with Gasteiger partial charge in [-0.3, -0.25) is 4.79 Å². The van der Waals surface area contributed by atoms with Crippen molar-refractivity contribution in [3.05, 3.63) is 89.5 Å². The second-order valence-electron chi connectivity index (χ2n) is 10.7. The van der Waals surface area contributed by atoms with E-state index in [0.717, 1.165) is 16.7 Å². The quantitative estimate of drug-likeness (QED) is 0.126. The summed E-state index contributed by atoms with van der Waals surface area (Å²) in [5.41, 5.74) is 8.22. The summed E-state index contributed by atoms with van der Waals surface area (Å²) >= 11 is 0. The van der Waals surface area contributed by atoms with Crippen molar-refractivity contribution in [3.63, 3.8) is 0 Å². The molecule has 1 unspecified atom stereocenters. The van der Waals surface area contributed by atoms with Crippen LogP contribution in [-0.2, 0) is 38.7 Å². The van der Waals surface area contributed by atoms with Gasteiger partial charge >= 0.3 is 18.0 Å². The van der Waals surface area contributed by atoms with Gasteiger partial charge < -0.3 is 40.1 Å². The number of carbonyl (C=O) groups excluding carboxylic acids is 3. The zero-order chi connectivity index (χ0) is 33.1. The van der Waals surface area contributed by atoms with E-state index in [1.165, 1.54) is 0 Å². The van der Waals surface area contributed by atoms with Crippen molar-refractivity contribution in [2.24, 2.45) is 5.73 Å². The van der Waals surface area contributed by atoms with E-state index in [1.807, 2.05) is 36.4 Å². The maximum absolute atomic E-state index is 13.2. The Balaban J connectivity index is 1.61. The molecule has 0 aliphatic carbocycles. The fraction of sp³-hybridized carbons (Fsp3) is 0.400. The first-order valence-corrected chi connectivity index (χ1v) is 15.3. The fourth-order valence-electron chi connectivity index (χ4n) is 4.63. The van der Waals surface area contributed by atoms with Crippen LogP contribution in [0.2, 0.25) is 0 Å². The minimum absolute atomic E-state index is 0.0538. The third-order valence-corrected chi connectivity index (χ3v) is 7.31. The Morgan fingerprint density at radius 1 is 0.652 bits per heavy atom. The summed E-state index contributed by atoms with van der Waals surface area (Å²) < 4.78 is 26.6. The summed E-state index contributed by atoms with van der Waals surface area (Å²) in [4.78, 5) is 38.9. The van der Waals surface area contributed by atoms with Gasteiger partial charge in [-0.1, -0.05) is 36.4 Å². The Morgan fingerprint density at radius 3 is 1.65 bits per heavy atom. The molecule has 3 aromatic carbocycles. The molecule has 0 fully saturated rings. The standard InChI is InChI=1S/C35H45N3O8/c1-42-29-14-7-25(8-15-29)22-28(13-20-33(39)45-23-26-9-16-30(43-2)17-10-26)37-35(41)38-32(6-4-5-21-36)34(40)46-24-27-11-18-31(44-3)19-12-27/h7-12,14-19,28,32H,4-6,13,20-24,36H2,1-3H3,(H2,37,38,41)/t28?,32-/m0/s1. The predicted octanol–water partition coefficient (Wildman–Crippen LogP) is 4.69. The van der Waals surface area contributed by atoms with Crippen LogP contribution in [0.4, 0.5) is 4.79 Å². The summed E-state index contributed by atoms with van der Waals surface area (Å²) in [6.07, 6.45) is 2.55. The van der Waals surface area contributed by atoms with E-state index < -0.39 is 24.1 Å². The first-order chi connectivity index (χ1) is 22.3. The molecule has 248 valence electrons. The van der Waals surface area contributed by atoms with E-state index in [9.17, 15) is 14.4 Å². The number of unbranched alkanes of at least 4 members (excludes halogenated alkanes) is 1. The molecular weight excluding hydrogens is 590 g/mol. The summed E-state index contributed by atoms with van der Waals surface area (Å²) in [7, 11) is 4.76. The zero-order valence-electron chi connectivity index (χ0n) is 26.8. The lowest BCUT2D eigenvalue weighted by molar-refractivity contribution is -0.147. The molecule has 2 atom stereocenters. The Hall–Kier alpha value is -4.77. The predicted molar refractivity (Wildman–Crippen MR) is 174 cm³/mol. The molecule has 0 aliphatic rings. The third-order valence-electron chi connectivity index (χ3n) is 7.31. The SMILES string of the molecule is COc1ccc(COC(=O)CCC(Cc2ccc(OC)cc2)NC(=O)N[C@@H](CCCCN)C(=O)OCc2ccc(OC)cc2)cc1. The normalized spacial score (nSPS) is 11.9. The largest absolute Gasteiger partial charge is 0.497 e. The van der Waals surface area contributed by atoms with E-state index in [2.05, 4.69) is 10.6 Å². The number of nitrogens with two attached hydrogens (primary N) is 1. The second-order valence-corrected chi connectivity index (χ2v) is 10.7. The molecule has 11 nitrogen and oxygen atoms in total. The van der Waals surface area contributed by atoms with Crippen LogP contribution in [0.3, 0.4) is 0 Å². The Labute approximate surface area is 270 Å². The molecule has 0 bridgehead atoms. The first-order valence-electron chi connectivity index (χ1n) is 15.3. The number of hydrogen-bond donors (Lipinski definition) is 3. The third kappa shape index (κ3) is 12.7. The summed E-state index contributed by atoms with van der Waals surface area (Å²) in [5, 5.41) is 5.73. The van der Waals surface area contributed by atoms with E-state index in [1.54, 1.807) is 57.7 Å². The Morgan fingerprint density at radius 2 is 1.15 bits per heavy atom. The molecule has 4 N–H and O–H groups in total. The number of ether oxygens (including phenoxy) is 5. The molecule has 0 saturated heterocycles. The van der Waals surface area contributed by atoms with Gasteiger partial charge in [0.25, 0.3) is 0 Å². The molecule has 3 rings (SSSR count). The van der Waals surface area contributed by atoms with Crippen LogP contribution < -0.4 is 30.6 Å². The molecular formula is C35H45N3O8. The van der Waals surface area contributed by atoms with Gasteiger partial charge in [-0.2, -0.15) is 0 Å². The van der Waals surface area contributed by atoms with E-state index in [0.29, 0.717) is 55.9 Å². The lowest BCUT2D eigenvalue weighted by Gasteiger charge is -2.22. The van der Waals surface area contributed by atoms with Crippen LogP contribution in [-0.4, -0.2) is 57.9 Å². The highest BCUT2D eigenvalue weighted by Gasteiger charge is 2.24. The van der Waals surface area contributed by atoms with Crippen molar-refractivity contribution < 1.29 is 38.1 Å². The van der Waals surface area contributed by atoms with Crippen molar-refractivity contribution in [3.8, 4) is 17.2 Å². The molecule has 0 spiro atoms. The topological polar surface area (TPSA) is 147 Å². The van der Waals surface area contributed by atoms with Gasteiger partial charge in [-0.05, 0) is 91.7 Å². The number of rotatable bonds is 19. The fourth-order valence-corrected chi connectivity index (χ4v) is 4.63. The number of amides is 2. The van der Waals surface area contributed by atoms with Crippen LogP contribution in [0.25, 0.3) is 0 Å². The molecule has 11 heteroatoms. The smallest absolute Gasteiger partial charge is 0.329 e. The van der Waals surface area contributed by atoms with E-state index in [4.69, 9.17) is 29.4 Å². The number of carbonyl (C=O) groups is 3. The van der Waals surface area contributed by atoms with Crippen LogP contribution >= 0.6 is 0 Å². The van der Waals surface area contributed by atoms with Gasteiger partial charge in [0, 0.05) is 12.5 Å². The van der Waals surface area contributed by atoms with Gasteiger partial charge in [0.1, 0.15) is 36.5 Å². The van der Waals surface area contributed by atoms with E-state index in [-0.39, 0.29) is 25.6 Å². The molecule has 46 heavy (non-hydrogen) atoms. The first kappa shape index (κ1) is 35.7. The van der Waals surface area contributed by atoms with Gasteiger partial charge in [-0.25, -0.2) is 9.59 Å². The van der Waals surface area contributed by atoms with Gasteiger partial charge in [0.15, 0.2) is 0 Å². The lowest BCUT2D eigenvalue weighted by atomic mass is 10.0. The summed E-state index contributed by atoms with van der Waals surface area (Å²) in [5.74, 6) is 1.19. The minimum atomic E-state index is -0.874. The number of esters is 2. The molecule has 0 heterocycles. The van der Waals surface area contributed by atoms with Crippen LogP contribution in [0.5, 0.6) is 17.2 Å². The van der Waals surface area contributed by atoms with Crippen LogP contribution in [0, 0.1) is 0 Å². The van der Waals surface area contributed by atoms with Crippen molar-refractivity contribution >= 4 is 18.0 Å². The van der Waals surface area contributed by atoms with Crippen molar-refractivity contribution in [1.29, 1.82) is 0 Å². The maximum Gasteiger partial charge on any atom is 0.329 e. The average molecular weight is 636 g/mol. The molecule has 0 saturated carbocycles. The van der Waals surface area contributed by atoms with Crippen molar-refractivity contribution in [2.45, 2.75) is 63.8 Å². The number of methoxy groups -OCH3 is 3. The highest BCUT2D eigenvalue weighted by atomic mass is 16.5. The number of nitrogens with one attached hydrogen (secondary N) is 2. The van der Waals surface area contributed by atoms with Gasteiger partial charge in [0.05, 0.1) is 21.3 Å². The number of benzene rings is 3. The average Bonchev–Trinajstić information content (AvgIpc) is 3.09. The molecule has 0 aromatic heterocycles. The second kappa shape index (κ2) is 19.6. The van der Waals surface area contributed by atoms with Crippen molar-refractivity contribution in [1.82, 2.24) is 10.6 Å². The molecule has 0 radical (unpaired) electrons. The number of hydrogen-bond acceptors (Lipinski definition) is 9. The Kier molecular flexibility index (Phi) is 15.2. The molecule has 0 aliphatic heterocycles. The molecule has 3 aromatic rings. The van der Waals surface area contributed by atoms with Gasteiger partial charge in [-0.15, -0.1) is 0 Å². The lowest BCUT2D eigenvalue weighted by Crippen LogP contribution is -2.50. The van der Waals surface area contributed by atoms with Crippen molar-refractivity contribution in [2.75, 3.05) is 27.9 Å². The molecule has 2 amide bonds. The highest BCUT2D eigenvalue weighted by molar-refractivity contribution is 5.83. The summed E-state index contributed by atoms with van der Waals surface area (Å²) in [6.45, 7) is 0.652. The number of urea groups is 1. The van der Waals surface area contributed by atoms with E-state index >= 15 is 0 Å².